The molecule has 106 valence electrons. The summed E-state index contributed by atoms with van der Waals surface area (Å²) < 4.78 is 0. The van der Waals surface area contributed by atoms with Gasteiger partial charge in [0, 0.05) is 26.1 Å². The molecule has 2 aliphatic rings. The number of carbonyl (C=O) groups excluding carboxylic acids is 1. The summed E-state index contributed by atoms with van der Waals surface area (Å²) in [5.41, 5.74) is 0. The average molecular weight is 276 g/mol. The van der Waals surface area contributed by atoms with Crippen molar-refractivity contribution in [3.05, 3.63) is 0 Å². The molecule has 0 aliphatic carbocycles. The summed E-state index contributed by atoms with van der Waals surface area (Å²) in [5.74, 6) is 1.10. The fraction of sp³-hybridized carbons (Fsp3) is 0.923. The van der Waals surface area contributed by atoms with Gasteiger partial charge in [0.1, 0.15) is 0 Å². The van der Waals surface area contributed by atoms with Crippen LogP contribution in [0.5, 0.6) is 0 Å². The van der Waals surface area contributed by atoms with Gasteiger partial charge in [-0.25, -0.2) is 0 Å². The number of hydrogen-bond donors (Lipinski definition) is 1. The van der Waals surface area contributed by atoms with Gasteiger partial charge in [0.15, 0.2) is 0 Å². The lowest BCUT2D eigenvalue weighted by molar-refractivity contribution is -0.131. The average Bonchev–Trinajstić information content (AvgIpc) is 2.74. The molecule has 1 amide bonds. The fourth-order valence-electron chi connectivity index (χ4n) is 2.74. The number of hydrogen-bond acceptors (Lipinski definition) is 3. The molecule has 5 heteroatoms. The predicted molar refractivity (Wildman–Crippen MR) is 76.2 cm³/mol. The lowest BCUT2D eigenvalue weighted by atomic mass is 10.0. The van der Waals surface area contributed by atoms with Crippen LogP contribution in [-0.2, 0) is 4.79 Å². The van der Waals surface area contributed by atoms with E-state index in [0.717, 1.165) is 64.4 Å². The SMILES string of the molecule is CN1CCCN(C(=O)CCC2CCNC2)CC1.Cl. The first-order valence-electron chi connectivity index (χ1n) is 6.93. The van der Waals surface area contributed by atoms with Crippen molar-refractivity contribution in [3.8, 4) is 0 Å². The van der Waals surface area contributed by atoms with Crippen molar-refractivity contribution in [1.82, 2.24) is 15.1 Å². The van der Waals surface area contributed by atoms with E-state index in [9.17, 15) is 4.79 Å². The van der Waals surface area contributed by atoms with Crippen LogP contribution in [0.1, 0.15) is 25.7 Å². The van der Waals surface area contributed by atoms with Gasteiger partial charge in [0.05, 0.1) is 0 Å². The van der Waals surface area contributed by atoms with Crippen LogP contribution in [0, 0.1) is 5.92 Å². The maximum atomic E-state index is 12.1. The molecular weight excluding hydrogens is 250 g/mol. The Morgan fingerprint density at radius 1 is 1.28 bits per heavy atom. The van der Waals surface area contributed by atoms with Gasteiger partial charge in [0.25, 0.3) is 0 Å². The molecule has 18 heavy (non-hydrogen) atoms. The molecule has 0 aromatic rings. The predicted octanol–water partition coefficient (Wildman–Crippen LogP) is 0.962. The molecule has 0 aromatic heterocycles. The van der Waals surface area contributed by atoms with E-state index in [4.69, 9.17) is 0 Å². The minimum absolute atomic E-state index is 0. The molecule has 1 atom stereocenters. The van der Waals surface area contributed by atoms with Crippen molar-refractivity contribution in [3.63, 3.8) is 0 Å². The summed E-state index contributed by atoms with van der Waals surface area (Å²) >= 11 is 0. The Bertz CT molecular complexity index is 257. The Morgan fingerprint density at radius 2 is 2.11 bits per heavy atom. The molecule has 2 saturated heterocycles. The first-order valence-corrected chi connectivity index (χ1v) is 6.93. The quantitative estimate of drug-likeness (QED) is 0.834. The fourth-order valence-corrected chi connectivity index (χ4v) is 2.74. The van der Waals surface area contributed by atoms with Crippen molar-refractivity contribution < 1.29 is 4.79 Å². The number of rotatable bonds is 3. The van der Waals surface area contributed by atoms with E-state index in [1.165, 1.54) is 6.42 Å². The van der Waals surface area contributed by atoms with E-state index in [0.29, 0.717) is 5.91 Å². The van der Waals surface area contributed by atoms with Gasteiger partial charge in [-0.05, 0) is 51.9 Å². The third-order valence-corrected chi connectivity index (χ3v) is 4.00. The van der Waals surface area contributed by atoms with Gasteiger partial charge in [-0.3, -0.25) is 4.79 Å². The van der Waals surface area contributed by atoms with Gasteiger partial charge in [0.2, 0.25) is 5.91 Å². The molecule has 0 radical (unpaired) electrons. The molecule has 2 heterocycles. The molecule has 0 bridgehead atoms. The smallest absolute Gasteiger partial charge is 0.222 e. The lowest BCUT2D eigenvalue weighted by Gasteiger charge is -2.21. The molecule has 4 nitrogen and oxygen atoms in total. The largest absolute Gasteiger partial charge is 0.341 e. The van der Waals surface area contributed by atoms with E-state index in [1.54, 1.807) is 0 Å². The standard InChI is InChI=1S/C13H25N3O.ClH/c1-15-7-2-8-16(10-9-15)13(17)4-3-12-5-6-14-11-12;/h12,14H,2-11H2,1H3;1H. The Labute approximate surface area is 116 Å². The van der Waals surface area contributed by atoms with Crippen LogP contribution in [0.2, 0.25) is 0 Å². The maximum Gasteiger partial charge on any atom is 0.222 e. The zero-order valence-electron chi connectivity index (χ0n) is 11.4. The highest BCUT2D eigenvalue weighted by molar-refractivity contribution is 5.85. The van der Waals surface area contributed by atoms with E-state index >= 15 is 0 Å². The second-order valence-corrected chi connectivity index (χ2v) is 5.44. The van der Waals surface area contributed by atoms with Crippen molar-refractivity contribution in [2.24, 2.45) is 5.92 Å². The molecule has 0 aromatic carbocycles. The van der Waals surface area contributed by atoms with Gasteiger partial charge in [-0.1, -0.05) is 0 Å². The maximum absolute atomic E-state index is 12.1. The Morgan fingerprint density at radius 3 is 2.83 bits per heavy atom. The summed E-state index contributed by atoms with van der Waals surface area (Å²) in [6.07, 6.45) is 4.18. The number of nitrogens with zero attached hydrogens (tertiary/aromatic N) is 2. The first-order chi connectivity index (χ1) is 8.25. The van der Waals surface area contributed by atoms with Crippen LogP contribution in [-0.4, -0.2) is 62.0 Å². The number of carbonyl (C=O) groups is 1. The highest BCUT2D eigenvalue weighted by Crippen LogP contribution is 2.15. The van der Waals surface area contributed by atoms with Crippen LogP contribution < -0.4 is 5.32 Å². The molecule has 2 fully saturated rings. The van der Waals surface area contributed by atoms with E-state index < -0.39 is 0 Å². The molecule has 1 unspecified atom stereocenters. The summed E-state index contributed by atoms with van der Waals surface area (Å²) in [7, 11) is 2.14. The third kappa shape index (κ3) is 4.75. The normalized spacial score (nSPS) is 25.6. The number of halogens is 1. The van der Waals surface area contributed by atoms with Crippen molar-refractivity contribution in [2.45, 2.75) is 25.7 Å². The van der Waals surface area contributed by atoms with Gasteiger partial charge in [-0.2, -0.15) is 0 Å². The molecule has 0 saturated carbocycles. The van der Waals surface area contributed by atoms with Crippen LogP contribution in [0.25, 0.3) is 0 Å². The number of likely N-dealkylation sites (N-methyl/N-ethyl adjacent to an activating group) is 1. The minimum atomic E-state index is 0. The van der Waals surface area contributed by atoms with Crippen molar-refractivity contribution in [1.29, 1.82) is 0 Å². The second kappa shape index (κ2) is 7.97. The van der Waals surface area contributed by atoms with Crippen molar-refractivity contribution >= 4 is 18.3 Å². The highest BCUT2D eigenvalue weighted by Gasteiger charge is 2.20. The zero-order valence-corrected chi connectivity index (χ0v) is 12.2. The van der Waals surface area contributed by atoms with E-state index in [1.807, 2.05) is 0 Å². The first kappa shape index (κ1) is 15.7. The lowest BCUT2D eigenvalue weighted by Crippen LogP contribution is -2.34. The van der Waals surface area contributed by atoms with Crippen LogP contribution in [0.3, 0.4) is 0 Å². The van der Waals surface area contributed by atoms with Crippen LogP contribution in [0.15, 0.2) is 0 Å². The zero-order chi connectivity index (χ0) is 12.1. The second-order valence-electron chi connectivity index (χ2n) is 5.44. The molecule has 2 rings (SSSR count). The van der Waals surface area contributed by atoms with Crippen LogP contribution in [0.4, 0.5) is 0 Å². The van der Waals surface area contributed by atoms with Crippen molar-refractivity contribution in [2.75, 3.05) is 46.3 Å². The molecular formula is C13H26ClN3O. The minimum Gasteiger partial charge on any atom is -0.341 e. The van der Waals surface area contributed by atoms with Crippen LogP contribution >= 0.6 is 12.4 Å². The summed E-state index contributed by atoms with van der Waals surface area (Å²) in [6, 6.07) is 0. The van der Waals surface area contributed by atoms with Gasteiger partial charge < -0.3 is 15.1 Å². The van der Waals surface area contributed by atoms with E-state index in [-0.39, 0.29) is 12.4 Å². The third-order valence-electron chi connectivity index (χ3n) is 4.00. The molecule has 0 spiro atoms. The molecule has 2 aliphatic heterocycles. The summed E-state index contributed by atoms with van der Waals surface area (Å²) in [5, 5.41) is 3.36. The highest BCUT2D eigenvalue weighted by atomic mass is 35.5. The Kier molecular flexibility index (Phi) is 6.97. The summed E-state index contributed by atoms with van der Waals surface area (Å²) in [6.45, 7) is 6.25. The molecule has 1 N–H and O–H groups in total. The topological polar surface area (TPSA) is 35.6 Å². The van der Waals surface area contributed by atoms with Gasteiger partial charge >= 0.3 is 0 Å². The van der Waals surface area contributed by atoms with Gasteiger partial charge in [-0.15, -0.1) is 12.4 Å². The summed E-state index contributed by atoms with van der Waals surface area (Å²) in [4.78, 5) is 16.5. The monoisotopic (exact) mass is 275 g/mol. The Hall–Kier alpha value is -0.320. The Balaban J connectivity index is 0.00000162. The van der Waals surface area contributed by atoms with E-state index in [2.05, 4.69) is 22.2 Å². The number of amides is 1. The number of nitrogens with one attached hydrogen (secondary N) is 1.